The molecule has 0 atom stereocenters. The van der Waals surface area contributed by atoms with Crippen molar-refractivity contribution in [2.75, 3.05) is 0 Å². The van der Waals surface area contributed by atoms with E-state index in [1.807, 2.05) is 127 Å². The number of benzene rings is 10. The molecule has 2 N–H and O–H groups in total. The van der Waals surface area contributed by atoms with E-state index in [4.69, 9.17) is 19.9 Å². The van der Waals surface area contributed by atoms with Crippen molar-refractivity contribution in [2.24, 2.45) is 0 Å². The molecule has 14 rings (SSSR count). The molecule has 8 heteroatoms. The van der Waals surface area contributed by atoms with Gasteiger partial charge in [-0.05, 0) is 97.5 Å². The molecule has 82 heavy (non-hydrogen) atoms. The lowest BCUT2D eigenvalue weighted by atomic mass is 9.75. The van der Waals surface area contributed by atoms with Crippen molar-refractivity contribution in [3.63, 3.8) is 0 Å². The Morgan fingerprint density at radius 1 is 0.293 bits per heavy atom. The van der Waals surface area contributed by atoms with Crippen LogP contribution in [0.3, 0.4) is 0 Å². The third-order valence-corrected chi connectivity index (χ3v) is 16.2. The topological polar surface area (TPSA) is 92.0 Å². The molecular weight excluding hydrogens is 1070 g/mol. The molecule has 2 heterocycles. The molecule has 0 saturated heterocycles. The molecule has 0 fully saturated rings. The number of halogens is 1. The Hall–Kier alpha value is -9.18. The highest BCUT2D eigenvalue weighted by molar-refractivity contribution is 9.10. The van der Waals surface area contributed by atoms with E-state index in [2.05, 4.69) is 177 Å². The molecule has 0 bridgehead atoms. The molecule has 396 valence electrons. The average molecular weight is 1130 g/mol. The summed E-state index contributed by atoms with van der Waals surface area (Å²) < 4.78 is 1.03. The van der Waals surface area contributed by atoms with Crippen LogP contribution in [0.5, 0.6) is 0 Å². The molecule has 2 aliphatic carbocycles. The molecule has 0 aliphatic heterocycles. The number of hydrogen-bond acceptors (Lipinski definition) is 6. The van der Waals surface area contributed by atoms with Gasteiger partial charge in [-0.2, -0.15) is 0 Å². The van der Waals surface area contributed by atoms with Gasteiger partial charge >= 0.3 is 7.12 Å². The van der Waals surface area contributed by atoms with E-state index in [1.54, 1.807) is 6.07 Å². The minimum Gasteiger partial charge on any atom is -0.423 e. The maximum absolute atomic E-state index is 9.30. The fourth-order valence-electron chi connectivity index (χ4n) is 11.4. The van der Waals surface area contributed by atoms with Crippen LogP contribution in [0.1, 0.15) is 49.9 Å². The third kappa shape index (κ3) is 10.8. The summed E-state index contributed by atoms with van der Waals surface area (Å²) in [7, 11) is -1.41. The summed E-state index contributed by atoms with van der Waals surface area (Å²) in [4.78, 5) is 19.6. The second kappa shape index (κ2) is 22.8. The summed E-state index contributed by atoms with van der Waals surface area (Å²) in [6.45, 7) is 9.00. The van der Waals surface area contributed by atoms with E-state index >= 15 is 0 Å². The third-order valence-electron chi connectivity index (χ3n) is 15.8. The van der Waals surface area contributed by atoms with Crippen LogP contribution in [0.2, 0.25) is 0 Å². The maximum atomic E-state index is 9.30. The van der Waals surface area contributed by atoms with Crippen LogP contribution in [0.15, 0.2) is 271 Å². The smallest absolute Gasteiger partial charge is 0.423 e. The largest absolute Gasteiger partial charge is 0.488 e. The van der Waals surface area contributed by atoms with Crippen molar-refractivity contribution in [2.45, 2.75) is 38.5 Å². The first-order valence-corrected chi connectivity index (χ1v) is 28.4. The van der Waals surface area contributed by atoms with Crippen molar-refractivity contribution in [1.82, 2.24) is 19.9 Å². The summed E-state index contributed by atoms with van der Waals surface area (Å²) in [5.41, 5.74) is 23.2. The quantitative estimate of drug-likeness (QED) is 0.147. The van der Waals surface area contributed by atoms with E-state index in [0.717, 1.165) is 77.8 Å². The van der Waals surface area contributed by atoms with Crippen LogP contribution < -0.4 is 5.46 Å². The monoisotopic (exact) mass is 1120 g/mol. The first kappa shape index (κ1) is 53.5. The molecule has 0 amide bonds. The van der Waals surface area contributed by atoms with Gasteiger partial charge in [-0.15, -0.1) is 0 Å². The van der Waals surface area contributed by atoms with Crippen LogP contribution in [-0.4, -0.2) is 37.1 Å². The molecule has 2 aliphatic rings. The van der Waals surface area contributed by atoms with Gasteiger partial charge in [0.2, 0.25) is 0 Å². The Bertz CT molecular complexity index is 4150. The molecule has 0 radical (unpaired) electrons. The molecule has 0 unspecified atom stereocenters. The van der Waals surface area contributed by atoms with Crippen molar-refractivity contribution >= 4 is 28.5 Å². The van der Waals surface area contributed by atoms with Crippen LogP contribution >= 0.6 is 15.9 Å². The van der Waals surface area contributed by atoms with Crippen LogP contribution in [0.25, 0.3) is 101 Å². The van der Waals surface area contributed by atoms with Gasteiger partial charge in [-0.3, -0.25) is 0 Å². The SMILES string of the molecule is Brc1cccc(-c2cc(-c3ccccc3)nc(-c3ccccc3)n2)c1.CC1(C)c2ccccc2-c2ccc(-c3cccc(-c4cc(-c5ccccc5)nc(-c5ccccc5)n4)c3)cc21.CC1(C)c2ccccc2-c2ccc(B(O)O)cc21. The molecule has 6 nitrogen and oxygen atoms in total. The average Bonchev–Trinajstić information content (AvgIpc) is 3.56. The summed E-state index contributed by atoms with van der Waals surface area (Å²) in [5.74, 6) is 1.46. The van der Waals surface area contributed by atoms with E-state index < -0.39 is 7.12 Å². The minimum absolute atomic E-state index is 0.0264. The Morgan fingerprint density at radius 3 is 1.12 bits per heavy atom. The van der Waals surface area contributed by atoms with Gasteiger partial charge in [-0.25, -0.2) is 19.9 Å². The summed E-state index contributed by atoms with van der Waals surface area (Å²) in [6, 6.07) is 91.6. The normalized spacial score (nSPS) is 12.8. The van der Waals surface area contributed by atoms with Crippen molar-refractivity contribution in [1.29, 1.82) is 0 Å². The van der Waals surface area contributed by atoms with Gasteiger partial charge in [0.1, 0.15) is 0 Å². The highest BCUT2D eigenvalue weighted by Gasteiger charge is 2.37. The molecule has 10 aromatic carbocycles. The van der Waals surface area contributed by atoms with Gasteiger partial charge in [0.15, 0.2) is 11.6 Å². The first-order chi connectivity index (χ1) is 39.9. The molecular formula is C74H58BBrN4O2. The van der Waals surface area contributed by atoms with Crippen LogP contribution in [0, 0.1) is 0 Å². The van der Waals surface area contributed by atoms with Gasteiger partial charge in [0, 0.05) is 48.7 Å². The molecule has 2 aromatic heterocycles. The lowest BCUT2D eigenvalue weighted by molar-refractivity contribution is 0.425. The fourth-order valence-corrected chi connectivity index (χ4v) is 11.8. The lowest BCUT2D eigenvalue weighted by Crippen LogP contribution is -2.31. The molecule has 0 spiro atoms. The zero-order valence-electron chi connectivity index (χ0n) is 46.0. The highest BCUT2D eigenvalue weighted by Crippen LogP contribution is 2.50. The second-order valence-corrected chi connectivity index (χ2v) is 22.7. The predicted molar refractivity (Wildman–Crippen MR) is 341 cm³/mol. The van der Waals surface area contributed by atoms with Crippen molar-refractivity contribution in [3.05, 3.63) is 294 Å². The Kier molecular flexibility index (Phi) is 14.8. The standard InChI is InChI=1S/C37H28N2.C22H15BrN2.C15H15BO2/c1-37(2)32-19-10-9-18-30(32)31-21-20-28(23-33(31)37)27-16-11-17-29(22-27)35-24-34(25-12-5-3-6-13-25)38-36(39-35)26-14-7-4-8-15-26;23-19-13-7-12-18(14-19)21-15-20(16-8-3-1-4-9-16)24-22(25-21)17-10-5-2-6-11-17;1-15(2)13-6-4-3-5-11(13)12-8-7-10(16(17)18)9-14(12)15/h3-24H,1-2H3;1-15H;3-9,17-18H,1-2H3. The number of aromatic nitrogens is 4. The van der Waals surface area contributed by atoms with E-state index in [1.165, 1.54) is 50.1 Å². The predicted octanol–water partition coefficient (Wildman–Crippen LogP) is 17.4. The summed E-state index contributed by atoms with van der Waals surface area (Å²) in [6.07, 6.45) is 0. The van der Waals surface area contributed by atoms with Gasteiger partial charge in [0.25, 0.3) is 0 Å². The van der Waals surface area contributed by atoms with Gasteiger partial charge < -0.3 is 10.0 Å². The van der Waals surface area contributed by atoms with Crippen LogP contribution in [0.4, 0.5) is 0 Å². The van der Waals surface area contributed by atoms with Crippen LogP contribution in [-0.2, 0) is 10.8 Å². The molecule has 12 aromatic rings. The highest BCUT2D eigenvalue weighted by atomic mass is 79.9. The van der Waals surface area contributed by atoms with E-state index in [-0.39, 0.29) is 10.8 Å². The van der Waals surface area contributed by atoms with E-state index in [0.29, 0.717) is 5.46 Å². The summed E-state index contributed by atoms with van der Waals surface area (Å²) >= 11 is 3.54. The zero-order chi connectivity index (χ0) is 56.4. The van der Waals surface area contributed by atoms with Crippen molar-refractivity contribution < 1.29 is 10.0 Å². The Labute approximate surface area is 488 Å². The van der Waals surface area contributed by atoms with E-state index in [9.17, 15) is 10.0 Å². The number of fused-ring (bicyclic) bond motifs is 6. The second-order valence-electron chi connectivity index (χ2n) is 21.8. The summed E-state index contributed by atoms with van der Waals surface area (Å²) in [5, 5.41) is 18.6. The Balaban J connectivity index is 0.000000132. The number of nitrogens with zero attached hydrogens (tertiary/aromatic N) is 4. The Morgan fingerprint density at radius 2 is 0.646 bits per heavy atom. The molecule has 0 saturated carbocycles. The van der Waals surface area contributed by atoms with Gasteiger partial charge in [0.05, 0.1) is 22.8 Å². The number of rotatable bonds is 8. The number of hydrogen-bond donors (Lipinski definition) is 2. The van der Waals surface area contributed by atoms with Gasteiger partial charge in [-0.1, -0.05) is 274 Å². The first-order valence-electron chi connectivity index (χ1n) is 27.6. The fraction of sp³-hybridized carbons (Fsp3) is 0.0811. The minimum atomic E-state index is -1.41. The zero-order valence-corrected chi connectivity index (χ0v) is 47.6. The lowest BCUT2D eigenvalue weighted by Gasteiger charge is -2.22. The van der Waals surface area contributed by atoms with Crippen molar-refractivity contribution in [3.8, 4) is 101 Å². The maximum Gasteiger partial charge on any atom is 0.488 e.